The summed E-state index contributed by atoms with van der Waals surface area (Å²) in [5.74, 6) is 0. The summed E-state index contributed by atoms with van der Waals surface area (Å²) in [6.07, 6.45) is 0. The molecule has 0 unspecified atom stereocenters. The summed E-state index contributed by atoms with van der Waals surface area (Å²) < 4.78 is 1.36. The molecule has 0 amide bonds. The van der Waals surface area contributed by atoms with Crippen molar-refractivity contribution in [1.29, 1.82) is 0 Å². The molecule has 1 heterocycles. The van der Waals surface area contributed by atoms with E-state index in [9.17, 15) is 0 Å². The number of hydrogen-bond donors (Lipinski definition) is 0. The van der Waals surface area contributed by atoms with Crippen molar-refractivity contribution in [2.24, 2.45) is 0 Å². The van der Waals surface area contributed by atoms with Gasteiger partial charge in [-0.3, -0.25) is 0 Å². The van der Waals surface area contributed by atoms with Crippen LogP contribution >= 0.6 is 11.3 Å². The number of aromatic nitrogens is 1. The van der Waals surface area contributed by atoms with Crippen LogP contribution in [0.5, 0.6) is 0 Å². The molecule has 1 aromatic carbocycles. The standard InChI is InChI=1S/C11H13NS/c1-6-5-7(2)10-11(8(6)3)13-9(4)12-10/h5H,1-4H3. The van der Waals surface area contributed by atoms with Crippen LogP contribution in [-0.2, 0) is 0 Å². The lowest BCUT2D eigenvalue weighted by molar-refractivity contribution is 1.30. The van der Waals surface area contributed by atoms with E-state index in [1.807, 2.05) is 0 Å². The van der Waals surface area contributed by atoms with E-state index in [1.54, 1.807) is 11.3 Å². The lowest BCUT2D eigenvalue weighted by atomic mass is 10.1. The van der Waals surface area contributed by atoms with Gasteiger partial charge in [-0.25, -0.2) is 4.98 Å². The van der Waals surface area contributed by atoms with E-state index in [0.29, 0.717) is 0 Å². The van der Waals surface area contributed by atoms with Crippen molar-refractivity contribution in [1.82, 2.24) is 4.98 Å². The van der Waals surface area contributed by atoms with E-state index in [4.69, 9.17) is 0 Å². The van der Waals surface area contributed by atoms with E-state index >= 15 is 0 Å². The minimum Gasteiger partial charge on any atom is -0.241 e. The molecule has 2 rings (SSSR count). The number of rotatable bonds is 0. The Morgan fingerprint density at radius 2 is 1.77 bits per heavy atom. The third kappa shape index (κ3) is 1.25. The molecule has 0 fully saturated rings. The molecule has 1 aromatic heterocycles. The Morgan fingerprint density at radius 1 is 1.08 bits per heavy atom. The zero-order chi connectivity index (χ0) is 9.59. The van der Waals surface area contributed by atoms with Gasteiger partial charge >= 0.3 is 0 Å². The fraction of sp³-hybridized carbons (Fsp3) is 0.364. The predicted molar refractivity (Wildman–Crippen MR) is 58.6 cm³/mol. The summed E-state index contributed by atoms with van der Waals surface area (Å²) in [7, 11) is 0. The highest BCUT2D eigenvalue weighted by molar-refractivity contribution is 7.18. The molecule has 0 N–H and O–H groups in total. The molecule has 0 bridgehead atoms. The number of hydrogen-bond acceptors (Lipinski definition) is 2. The molecular formula is C11H13NS. The van der Waals surface area contributed by atoms with Gasteiger partial charge in [0.15, 0.2) is 0 Å². The predicted octanol–water partition coefficient (Wildman–Crippen LogP) is 3.53. The van der Waals surface area contributed by atoms with Gasteiger partial charge in [0.05, 0.1) is 15.2 Å². The van der Waals surface area contributed by atoms with E-state index in [2.05, 4.69) is 38.7 Å². The van der Waals surface area contributed by atoms with Crippen molar-refractivity contribution in [3.63, 3.8) is 0 Å². The molecular weight excluding hydrogens is 178 g/mol. The van der Waals surface area contributed by atoms with Gasteiger partial charge in [-0.15, -0.1) is 11.3 Å². The van der Waals surface area contributed by atoms with Crippen molar-refractivity contribution in [3.8, 4) is 0 Å². The van der Waals surface area contributed by atoms with Gasteiger partial charge in [0.25, 0.3) is 0 Å². The first kappa shape index (κ1) is 8.70. The summed E-state index contributed by atoms with van der Waals surface area (Å²) in [6, 6.07) is 2.22. The molecule has 0 radical (unpaired) electrons. The van der Waals surface area contributed by atoms with Gasteiger partial charge in [0.2, 0.25) is 0 Å². The first-order chi connectivity index (χ1) is 6.09. The molecule has 2 aromatic rings. The second kappa shape index (κ2) is 2.81. The SMILES string of the molecule is Cc1nc2c(C)cc(C)c(C)c2s1. The van der Waals surface area contributed by atoms with Crippen LogP contribution in [-0.4, -0.2) is 4.98 Å². The number of fused-ring (bicyclic) bond motifs is 1. The van der Waals surface area contributed by atoms with Crippen LogP contribution in [0.2, 0.25) is 0 Å². The zero-order valence-electron chi connectivity index (χ0n) is 8.43. The number of thiazole rings is 1. The molecule has 68 valence electrons. The van der Waals surface area contributed by atoms with Crippen molar-refractivity contribution >= 4 is 21.6 Å². The highest BCUT2D eigenvalue weighted by Gasteiger charge is 2.07. The van der Waals surface area contributed by atoms with Crippen LogP contribution < -0.4 is 0 Å². The topological polar surface area (TPSA) is 12.9 Å². The van der Waals surface area contributed by atoms with Gasteiger partial charge in [0.1, 0.15) is 0 Å². The van der Waals surface area contributed by atoms with Crippen molar-refractivity contribution in [2.75, 3.05) is 0 Å². The number of aryl methyl sites for hydroxylation is 4. The Hall–Kier alpha value is -0.890. The van der Waals surface area contributed by atoms with Crippen LogP contribution in [0.15, 0.2) is 6.07 Å². The third-order valence-electron chi connectivity index (χ3n) is 2.47. The normalized spacial score (nSPS) is 11.1. The summed E-state index contributed by atoms with van der Waals surface area (Å²) in [6.45, 7) is 8.54. The maximum atomic E-state index is 4.53. The third-order valence-corrected chi connectivity index (χ3v) is 3.56. The van der Waals surface area contributed by atoms with Crippen molar-refractivity contribution in [2.45, 2.75) is 27.7 Å². The molecule has 13 heavy (non-hydrogen) atoms. The Balaban J connectivity index is 2.95. The fourth-order valence-corrected chi connectivity index (χ4v) is 2.68. The quantitative estimate of drug-likeness (QED) is 0.620. The Labute approximate surface area is 82.4 Å². The minimum absolute atomic E-state index is 1.16. The Kier molecular flexibility index (Phi) is 1.88. The second-order valence-corrected chi connectivity index (χ2v) is 4.75. The molecule has 0 atom stereocenters. The average Bonchev–Trinajstić information content (AvgIpc) is 2.44. The van der Waals surface area contributed by atoms with Gasteiger partial charge in [0, 0.05) is 0 Å². The maximum Gasteiger partial charge on any atom is 0.0907 e. The number of nitrogens with zero attached hydrogens (tertiary/aromatic N) is 1. The molecule has 0 spiro atoms. The first-order valence-electron chi connectivity index (χ1n) is 4.43. The molecule has 0 saturated heterocycles. The largest absolute Gasteiger partial charge is 0.241 e. The molecule has 2 heteroatoms. The Morgan fingerprint density at radius 3 is 2.46 bits per heavy atom. The van der Waals surface area contributed by atoms with Gasteiger partial charge in [-0.05, 0) is 44.4 Å². The van der Waals surface area contributed by atoms with Gasteiger partial charge in [-0.2, -0.15) is 0 Å². The van der Waals surface area contributed by atoms with E-state index in [0.717, 1.165) is 5.01 Å². The van der Waals surface area contributed by atoms with Crippen LogP contribution in [0.25, 0.3) is 10.2 Å². The molecule has 0 aliphatic carbocycles. The molecule has 1 nitrogen and oxygen atoms in total. The van der Waals surface area contributed by atoms with Crippen molar-refractivity contribution < 1.29 is 0 Å². The van der Waals surface area contributed by atoms with Gasteiger partial charge < -0.3 is 0 Å². The monoisotopic (exact) mass is 191 g/mol. The fourth-order valence-electron chi connectivity index (χ4n) is 1.63. The molecule has 0 saturated carbocycles. The average molecular weight is 191 g/mol. The highest BCUT2D eigenvalue weighted by atomic mass is 32.1. The molecule has 0 aliphatic rings. The highest BCUT2D eigenvalue weighted by Crippen LogP contribution is 2.29. The van der Waals surface area contributed by atoms with Crippen LogP contribution in [0.1, 0.15) is 21.7 Å². The maximum absolute atomic E-state index is 4.53. The second-order valence-electron chi connectivity index (χ2n) is 3.55. The van der Waals surface area contributed by atoms with Crippen LogP contribution in [0, 0.1) is 27.7 Å². The Bertz CT molecular complexity index is 468. The lowest BCUT2D eigenvalue weighted by Gasteiger charge is -2.02. The van der Waals surface area contributed by atoms with Gasteiger partial charge in [-0.1, -0.05) is 6.07 Å². The summed E-state index contributed by atoms with van der Waals surface area (Å²) in [5, 5.41) is 1.16. The number of benzene rings is 1. The first-order valence-corrected chi connectivity index (χ1v) is 5.25. The molecule has 0 aliphatic heterocycles. The van der Waals surface area contributed by atoms with E-state index in [1.165, 1.54) is 26.9 Å². The van der Waals surface area contributed by atoms with Crippen LogP contribution in [0.4, 0.5) is 0 Å². The minimum atomic E-state index is 1.16. The van der Waals surface area contributed by atoms with E-state index in [-0.39, 0.29) is 0 Å². The smallest absolute Gasteiger partial charge is 0.0907 e. The summed E-state index contributed by atoms with van der Waals surface area (Å²) in [4.78, 5) is 4.53. The van der Waals surface area contributed by atoms with Crippen LogP contribution in [0.3, 0.4) is 0 Å². The zero-order valence-corrected chi connectivity index (χ0v) is 9.25. The van der Waals surface area contributed by atoms with E-state index < -0.39 is 0 Å². The summed E-state index contributed by atoms with van der Waals surface area (Å²) in [5.41, 5.74) is 5.23. The lowest BCUT2D eigenvalue weighted by Crippen LogP contribution is -1.84. The summed E-state index contributed by atoms with van der Waals surface area (Å²) >= 11 is 1.80. The van der Waals surface area contributed by atoms with Crippen molar-refractivity contribution in [3.05, 3.63) is 27.8 Å².